The molecule has 0 spiro atoms. The lowest BCUT2D eigenvalue weighted by molar-refractivity contribution is 0.161. The van der Waals surface area contributed by atoms with E-state index in [1.54, 1.807) is 6.92 Å². The summed E-state index contributed by atoms with van der Waals surface area (Å²) < 4.78 is 0. The van der Waals surface area contributed by atoms with E-state index in [9.17, 15) is 19.2 Å². The van der Waals surface area contributed by atoms with Crippen LogP contribution in [0, 0.1) is 0 Å². The fourth-order valence-corrected chi connectivity index (χ4v) is 3.39. The second-order valence-electron chi connectivity index (χ2n) is 6.01. The summed E-state index contributed by atoms with van der Waals surface area (Å²) in [5, 5.41) is 15.9. The summed E-state index contributed by atoms with van der Waals surface area (Å²) in [4.78, 5) is 49.7. The lowest BCUT2D eigenvalue weighted by Crippen LogP contribution is -2.54. The van der Waals surface area contributed by atoms with Crippen LogP contribution in [0.1, 0.15) is 6.92 Å². The predicted molar refractivity (Wildman–Crippen MR) is 73.6 cm³/mol. The van der Waals surface area contributed by atoms with Gasteiger partial charge < -0.3 is 31.9 Å². The quantitative estimate of drug-likeness (QED) is 0.337. The summed E-state index contributed by atoms with van der Waals surface area (Å²) in [7, 11) is 0. The van der Waals surface area contributed by atoms with Crippen LogP contribution in [0.2, 0.25) is 0 Å². The molecule has 12 nitrogen and oxygen atoms in total. The Hall–Kier alpha value is -2.92. The first kappa shape index (κ1) is 13.7. The van der Waals surface area contributed by atoms with Gasteiger partial charge in [-0.25, -0.2) is 19.2 Å². The summed E-state index contributed by atoms with van der Waals surface area (Å²) in [6, 6.07) is -1.39. The van der Waals surface area contributed by atoms with Crippen LogP contribution in [0.5, 0.6) is 0 Å². The van der Waals surface area contributed by atoms with E-state index in [4.69, 9.17) is 0 Å². The first-order valence-electron chi connectivity index (χ1n) is 7.19. The fraction of sp³-hybridized carbons (Fsp3) is 0.636. The number of fused-ring (bicyclic) bond motifs is 2. The molecule has 0 saturated carbocycles. The normalized spacial score (nSPS) is 37.5. The molecule has 0 bridgehead atoms. The van der Waals surface area contributed by atoms with Crippen LogP contribution >= 0.6 is 0 Å². The molecule has 124 valence electrons. The third kappa shape index (κ3) is 1.90. The molecule has 6 N–H and O–H groups in total. The lowest BCUT2D eigenvalue weighted by atomic mass is 10.2. The Morgan fingerprint density at radius 3 is 2.39 bits per heavy atom. The standard InChI is InChI=1S/C11H16N8O4/c1-11-6(15-8(21)16-11)19(10(23)17-11)3-2-18-5-4(13-9(18)22)12-7(20)14-5/h4-6H,2-3H2,1H3,(H,13,22)(H,17,23)(H2,12,14,20)(H2,15,16,21). The number of hydrogen-bond donors (Lipinski definition) is 6. The Morgan fingerprint density at radius 1 is 0.870 bits per heavy atom. The van der Waals surface area contributed by atoms with Gasteiger partial charge in [-0.1, -0.05) is 0 Å². The maximum atomic E-state index is 12.1. The molecule has 4 saturated heterocycles. The molecule has 4 atom stereocenters. The van der Waals surface area contributed by atoms with E-state index >= 15 is 0 Å². The topological polar surface area (TPSA) is 147 Å². The number of nitrogens with one attached hydrogen (secondary N) is 6. The summed E-state index contributed by atoms with van der Waals surface area (Å²) in [5.41, 5.74) is -0.882. The molecular formula is C11H16N8O4. The lowest BCUT2D eigenvalue weighted by Gasteiger charge is -2.28. The molecule has 0 aromatic rings. The molecule has 0 aliphatic carbocycles. The second-order valence-corrected chi connectivity index (χ2v) is 6.01. The van der Waals surface area contributed by atoms with Crippen LogP contribution < -0.4 is 31.9 Å². The number of rotatable bonds is 3. The van der Waals surface area contributed by atoms with Crippen molar-refractivity contribution >= 4 is 24.1 Å². The molecule has 4 heterocycles. The summed E-state index contributed by atoms with van der Waals surface area (Å²) in [5.74, 6) is 0. The minimum absolute atomic E-state index is 0.209. The van der Waals surface area contributed by atoms with Crippen molar-refractivity contribution < 1.29 is 19.2 Å². The zero-order valence-corrected chi connectivity index (χ0v) is 12.2. The molecule has 4 aliphatic heterocycles. The number of urea groups is 4. The molecule has 4 unspecified atom stereocenters. The first-order chi connectivity index (χ1) is 10.9. The molecule has 8 amide bonds. The van der Waals surface area contributed by atoms with Crippen LogP contribution in [-0.4, -0.2) is 71.2 Å². The Kier molecular flexibility index (Phi) is 2.57. The van der Waals surface area contributed by atoms with Gasteiger partial charge in [0.1, 0.15) is 18.5 Å². The molecule has 4 rings (SSSR count). The number of nitrogens with zero attached hydrogens (tertiary/aromatic N) is 2. The minimum Gasteiger partial charge on any atom is -0.314 e. The summed E-state index contributed by atoms with van der Waals surface area (Å²) in [6.45, 7) is 2.12. The van der Waals surface area contributed by atoms with Crippen molar-refractivity contribution in [3.05, 3.63) is 0 Å². The van der Waals surface area contributed by atoms with Crippen LogP contribution in [-0.2, 0) is 0 Å². The van der Waals surface area contributed by atoms with Crippen LogP contribution in [0.25, 0.3) is 0 Å². The maximum absolute atomic E-state index is 12.1. The highest BCUT2D eigenvalue weighted by Crippen LogP contribution is 2.24. The molecule has 4 aliphatic rings. The molecule has 0 radical (unpaired) electrons. The van der Waals surface area contributed by atoms with Crippen LogP contribution in [0.3, 0.4) is 0 Å². The smallest absolute Gasteiger partial charge is 0.314 e. The van der Waals surface area contributed by atoms with Crippen LogP contribution in [0.15, 0.2) is 0 Å². The monoisotopic (exact) mass is 324 g/mol. The van der Waals surface area contributed by atoms with E-state index < -0.39 is 24.2 Å². The van der Waals surface area contributed by atoms with Gasteiger partial charge in [0, 0.05) is 13.1 Å². The van der Waals surface area contributed by atoms with E-state index in [2.05, 4.69) is 31.9 Å². The van der Waals surface area contributed by atoms with Crippen molar-refractivity contribution in [3.63, 3.8) is 0 Å². The predicted octanol–water partition coefficient (Wildman–Crippen LogP) is -2.64. The second kappa shape index (κ2) is 4.30. The zero-order chi connectivity index (χ0) is 16.4. The third-order valence-electron chi connectivity index (χ3n) is 4.47. The Balaban J connectivity index is 1.45. The van der Waals surface area contributed by atoms with E-state index in [0.717, 1.165) is 0 Å². The first-order valence-corrected chi connectivity index (χ1v) is 7.19. The number of carbonyl (C=O) groups excluding carboxylic acids is 4. The fourth-order valence-electron chi connectivity index (χ4n) is 3.39. The van der Waals surface area contributed by atoms with Gasteiger partial charge in [0.25, 0.3) is 0 Å². The Bertz CT molecular complexity index is 625. The SMILES string of the molecule is CC12NC(=O)NC1N(CCN1C(=O)NC3NC(=O)NC31)C(=O)N2. The third-order valence-corrected chi connectivity index (χ3v) is 4.47. The van der Waals surface area contributed by atoms with Crippen LogP contribution in [0.4, 0.5) is 19.2 Å². The highest BCUT2D eigenvalue weighted by atomic mass is 16.2. The van der Waals surface area contributed by atoms with Gasteiger partial charge in [0.15, 0.2) is 5.66 Å². The van der Waals surface area contributed by atoms with Gasteiger partial charge in [0.2, 0.25) is 0 Å². The number of amides is 8. The van der Waals surface area contributed by atoms with Gasteiger partial charge in [-0.15, -0.1) is 0 Å². The highest BCUT2D eigenvalue weighted by Gasteiger charge is 2.54. The van der Waals surface area contributed by atoms with Crippen molar-refractivity contribution in [2.45, 2.75) is 31.1 Å². The Morgan fingerprint density at radius 2 is 1.61 bits per heavy atom. The average molecular weight is 324 g/mol. The molecule has 0 aromatic carbocycles. The molecule has 0 aromatic heterocycles. The van der Waals surface area contributed by atoms with Gasteiger partial charge in [-0.2, -0.15) is 0 Å². The van der Waals surface area contributed by atoms with Crippen molar-refractivity contribution in [1.82, 2.24) is 41.7 Å². The number of carbonyl (C=O) groups is 4. The van der Waals surface area contributed by atoms with Gasteiger partial charge >= 0.3 is 24.1 Å². The van der Waals surface area contributed by atoms with E-state index in [1.165, 1.54) is 9.80 Å². The largest absolute Gasteiger partial charge is 0.321 e. The highest BCUT2D eigenvalue weighted by molar-refractivity contribution is 5.87. The molecular weight excluding hydrogens is 308 g/mol. The molecule has 12 heteroatoms. The summed E-state index contributed by atoms with van der Waals surface area (Å²) >= 11 is 0. The van der Waals surface area contributed by atoms with Crippen molar-refractivity contribution in [2.24, 2.45) is 0 Å². The van der Waals surface area contributed by atoms with Crippen molar-refractivity contribution in [2.75, 3.05) is 13.1 Å². The number of hydrogen-bond acceptors (Lipinski definition) is 4. The summed E-state index contributed by atoms with van der Waals surface area (Å²) in [6.07, 6.45) is -1.52. The maximum Gasteiger partial charge on any atom is 0.321 e. The molecule has 23 heavy (non-hydrogen) atoms. The van der Waals surface area contributed by atoms with E-state index in [-0.39, 0.29) is 37.2 Å². The minimum atomic E-state index is -0.882. The molecule has 4 fully saturated rings. The van der Waals surface area contributed by atoms with E-state index in [1.807, 2.05) is 0 Å². The van der Waals surface area contributed by atoms with Crippen molar-refractivity contribution in [1.29, 1.82) is 0 Å². The average Bonchev–Trinajstić information content (AvgIpc) is 3.07. The zero-order valence-electron chi connectivity index (χ0n) is 12.2. The van der Waals surface area contributed by atoms with Crippen molar-refractivity contribution in [3.8, 4) is 0 Å². The van der Waals surface area contributed by atoms with Gasteiger partial charge in [-0.05, 0) is 6.92 Å². The van der Waals surface area contributed by atoms with E-state index in [0.29, 0.717) is 0 Å². The van der Waals surface area contributed by atoms with Gasteiger partial charge in [-0.3, -0.25) is 9.80 Å². The Labute approximate surface area is 130 Å². The van der Waals surface area contributed by atoms with Gasteiger partial charge in [0.05, 0.1) is 0 Å².